The van der Waals surface area contributed by atoms with E-state index in [1.54, 1.807) is 14.2 Å². The molecule has 3 rings (SSSR count). The summed E-state index contributed by atoms with van der Waals surface area (Å²) in [5.41, 5.74) is 1.16. The van der Waals surface area contributed by atoms with Crippen LogP contribution in [0.4, 0.5) is 0 Å². The Morgan fingerprint density at radius 1 is 1.42 bits per heavy atom. The third-order valence-electron chi connectivity index (χ3n) is 4.78. The second-order valence-corrected chi connectivity index (χ2v) is 6.40. The molecule has 2 unspecified atom stereocenters. The van der Waals surface area contributed by atoms with E-state index in [1.165, 1.54) is 19.4 Å². The Balaban J connectivity index is 1.43. The number of hydrogen-bond acceptors (Lipinski definition) is 4. The summed E-state index contributed by atoms with van der Waals surface area (Å²) in [6, 6.07) is 8.68. The Morgan fingerprint density at radius 2 is 2.33 bits per heavy atom. The van der Waals surface area contributed by atoms with E-state index in [2.05, 4.69) is 26.6 Å². The number of hydrogen-bond donors (Lipinski definition) is 2. The maximum absolute atomic E-state index is 5.98. The smallest absolute Gasteiger partial charge is 0.191 e. The van der Waals surface area contributed by atoms with Gasteiger partial charge in [-0.1, -0.05) is 12.1 Å². The third kappa shape index (κ3) is 4.39. The number of guanidine groups is 1. The van der Waals surface area contributed by atoms with E-state index in [9.17, 15) is 0 Å². The number of methoxy groups -OCH3 is 1. The van der Waals surface area contributed by atoms with Gasteiger partial charge in [-0.3, -0.25) is 9.89 Å². The topological polar surface area (TPSA) is 58.1 Å². The van der Waals surface area contributed by atoms with Crippen molar-refractivity contribution < 1.29 is 9.47 Å². The lowest BCUT2D eigenvalue weighted by atomic mass is 10.2. The van der Waals surface area contributed by atoms with Crippen molar-refractivity contribution in [2.45, 2.75) is 31.5 Å². The molecule has 24 heavy (non-hydrogen) atoms. The first kappa shape index (κ1) is 17.0. The Bertz CT molecular complexity index is 564. The van der Waals surface area contributed by atoms with Gasteiger partial charge >= 0.3 is 0 Å². The zero-order chi connectivity index (χ0) is 16.8. The molecule has 0 aromatic heterocycles. The maximum atomic E-state index is 5.98. The van der Waals surface area contributed by atoms with Gasteiger partial charge < -0.3 is 20.1 Å². The second kappa shape index (κ2) is 8.35. The van der Waals surface area contributed by atoms with Crippen molar-refractivity contribution in [1.82, 2.24) is 15.5 Å². The van der Waals surface area contributed by atoms with Gasteiger partial charge in [-0.15, -0.1) is 0 Å². The molecule has 0 amide bonds. The van der Waals surface area contributed by atoms with Gasteiger partial charge in [0.25, 0.3) is 0 Å². The van der Waals surface area contributed by atoms with E-state index in [4.69, 9.17) is 9.47 Å². The van der Waals surface area contributed by atoms with Crippen molar-refractivity contribution in [3.05, 3.63) is 29.8 Å². The van der Waals surface area contributed by atoms with Gasteiger partial charge in [0.1, 0.15) is 5.75 Å². The summed E-state index contributed by atoms with van der Waals surface area (Å²) < 4.78 is 11.2. The standard InChI is InChI=1S/C18H28N4O2/c1-19-18(20-10-14-5-3-7-16(9-14)23-2)21-11-17-12-22-8-4-6-15(22)13-24-17/h3,5,7,9,15,17H,4,6,8,10-13H2,1-2H3,(H2,19,20,21). The van der Waals surface area contributed by atoms with Crippen LogP contribution >= 0.6 is 0 Å². The highest BCUT2D eigenvalue weighted by atomic mass is 16.5. The number of morpholine rings is 1. The van der Waals surface area contributed by atoms with Crippen molar-refractivity contribution >= 4 is 5.96 Å². The van der Waals surface area contributed by atoms with Crippen LogP contribution in [-0.4, -0.2) is 63.4 Å². The average molecular weight is 332 g/mol. The number of aliphatic imine (C=N–C) groups is 1. The van der Waals surface area contributed by atoms with Crippen LogP contribution in [-0.2, 0) is 11.3 Å². The van der Waals surface area contributed by atoms with Crippen molar-refractivity contribution in [2.24, 2.45) is 4.99 Å². The van der Waals surface area contributed by atoms with Crippen LogP contribution in [0.15, 0.2) is 29.3 Å². The fourth-order valence-electron chi connectivity index (χ4n) is 3.41. The molecule has 2 aliphatic rings. The Kier molecular flexibility index (Phi) is 5.93. The molecule has 2 heterocycles. The second-order valence-electron chi connectivity index (χ2n) is 6.40. The molecule has 0 bridgehead atoms. The molecule has 0 radical (unpaired) electrons. The molecule has 6 nitrogen and oxygen atoms in total. The lowest BCUT2D eigenvalue weighted by Crippen LogP contribution is -2.51. The van der Waals surface area contributed by atoms with Gasteiger partial charge in [0.2, 0.25) is 0 Å². The molecule has 1 aromatic rings. The molecule has 1 aromatic carbocycles. The third-order valence-corrected chi connectivity index (χ3v) is 4.78. The largest absolute Gasteiger partial charge is 0.497 e. The molecule has 6 heteroatoms. The van der Waals surface area contributed by atoms with Crippen molar-refractivity contribution in [2.75, 3.05) is 40.4 Å². The molecule has 2 atom stereocenters. The molecule has 0 spiro atoms. The predicted molar refractivity (Wildman–Crippen MR) is 95.5 cm³/mol. The Hall–Kier alpha value is -1.79. The van der Waals surface area contributed by atoms with E-state index >= 15 is 0 Å². The lowest BCUT2D eigenvalue weighted by molar-refractivity contribution is -0.0453. The summed E-state index contributed by atoms with van der Waals surface area (Å²) in [5, 5.41) is 6.71. The van der Waals surface area contributed by atoms with Crippen LogP contribution in [0.1, 0.15) is 18.4 Å². The number of nitrogens with zero attached hydrogens (tertiary/aromatic N) is 2. The number of nitrogens with one attached hydrogen (secondary N) is 2. The monoisotopic (exact) mass is 332 g/mol. The van der Waals surface area contributed by atoms with Crippen LogP contribution in [0.2, 0.25) is 0 Å². The fraction of sp³-hybridized carbons (Fsp3) is 0.611. The highest BCUT2D eigenvalue weighted by Crippen LogP contribution is 2.22. The van der Waals surface area contributed by atoms with Gasteiger partial charge in [-0.2, -0.15) is 0 Å². The van der Waals surface area contributed by atoms with Crippen LogP contribution in [0.25, 0.3) is 0 Å². The van der Waals surface area contributed by atoms with Gasteiger partial charge in [0.05, 0.1) is 19.8 Å². The van der Waals surface area contributed by atoms with Crippen LogP contribution < -0.4 is 15.4 Å². The summed E-state index contributed by atoms with van der Waals surface area (Å²) in [5.74, 6) is 1.66. The number of fused-ring (bicyclic) bond motifs is 1. The summed E-state index contributed by atoms with van der Waals surface area (Å²) in [6.45, 7) is 4.58. The summed E-state index contributed by atoms with van der Waals surface area (Å²) in [6.07, 6.45) is 2.82. The van der Waals surface area contributed by atoms with E-state index in [-0.39, 0.29) is 6.10 Å². The molecular formula is C18H28N4O2. The molecular weight excluding hydrogens is 304 g/mol. The molecule has 2 saturated heterocycles. The van der Waals surface area contributed by atoms with Gasteiger partial charge in [0, 0.05) is 32.7 Å². The van der Waals surface area contributed by atoms with Gasteiger partial charge in [0.15, 0.2) is 5.96 Å². The first-order valence-corrected chi connectivity index (χ1v) is 8.71. The zero-order valence-electron chi connectivity index (χ0n) is 14.6. The van der Waals surface area contributed by atoms with E-state index in [0.29, 0.717) is 12.6 Å². The summed E-state index contributed by atoms with van der Waals surface area (Å²) in [4.78, 5) is 6.85. The van der Waals surface area contributed by atoms with Crippen molar-refractivity contribution in [3.8, 4) is 5.75 Å². The van der Waals surface area contributed by atoms with Gasteiger partial charge in [-0.05, 0) is 37.1 Å². The minimum absolute atomic E-state index is 0.231. The molecule has 2 N–H and O–H groups in total. The summed E-state index contributed by atoms with van der Waals surface area (Å²) >= 11 is 0. The molecule has 2 aliphatic heterocycles. The van der Waals surface area contributed by atoms with Gasteiger partial charge in [-0.25, -0.2) is 0 Å². The molecule has 132 valence electrons. The SMILES string of the molecule is CN=C(NCc1cccc(OC)c1)NCC1CN2CCCC2CO1. The highest BCUT2D eigenvalue weighted by Gasteiger charge is 2.32. The first-order valence-electron chi connectivity index (χ1n) is 8.71. The van der Waals surface area contributed by atoms with Crippen LogP contribution in [0, 0.1) is 0 Å². The normalized spacial score (nSPS) is 24.5. The molecule has 0 aliphatic carbocycles. The quantitative estimate of drug-likeness (QED) is 0.627. The number of rotatable bonds is 5. The van der Waals surface area contributed by atoms with Crippen LogP contribution in [0.3, 0.4) is 0 Å². The zero-order valence-corrected chi connectivity index (χ0v) is 14.6. The average Bonchev–Trinajstić information content (AvgIpc) is 3.10. The van der Waals surface area contributed by atoms with E-state index in [1.807, 2.05) is 18.2 Å². The number of ether oxygens (including phenoxy) is 2. The minimum Gasteiger partial charge on any atom is -0.497 e. The Morgan fingerprint density at radius 3 is 3.17 bits per heavy atom. The molecule has 0 saturated carbocycles. The van der Waals surface area contributed by atoms with Crippen molar-refractivity contribution in [1.29, 1.82) is 0 Å². The van der Waals surface area contributed by atoms with Crippen LogP contribution in [0.5, 0.6) is 5.75 Å². The van der Waals surface area contributed by atoms with E-state index < -0.39 is 0 Å². The first-order chi connectivity index (χ1) is 11.8. The highest BCUT2D eigenvalue weighted by molar-refractivity contribution is 5.79. The minimum atomic E-state index is 0.231. The van der Waals surface area contributed by atoms with E-state index in [0.717, 1.165) is 37.0 Å². The Labute approximate surface area is 144 Å². The predicted octanol–water partition coefficient (Wildman–Crippen LogP) is 1.22. The lowest BCUT2D eigenvalue weighted by Gasteiger charge is -2.35. The summed E-state index contributed by atoms with van der Waals surface area (Å²) in [7, 11) is 3.47. The van der Waals surface area contributed by atoms with Crippen molar-refractivity contribution in [3.63, 3.8) is 0 Å². The fourth-order valence-corrected chi connectivity index (χ4v) is 3.41. The maximum Gasteiger partial charge on any atom is 0.191 e. The molecule has 2 fully saturated rings. The number of benzene rings is 1.